The Hall–Kier alpha value is -0.0400. The molecule has 4 unspecified atom stereocenters. The first-order chi connectivity index (χ1) is 4.14. The van der Waals surface area contributed by atoms with Crippen LogP contribution in [0.4, 0.5) is 0 Å². The molecule has 2 N–H and O–H groups in total. The molecule has 1 nitrogen and oxygen atoms in total. The van der Waals surface area contributed by atoms with E-state index in [0.717, 1.165) is 11.8 Å². The molecule has 0 aromatic carbocycles. The van der Waals surface area contributed by atoms with Gasteiger partial charge in [0.15, 0.2) is 0 Å². The van der Waals surface area contributed by atoms with E-state index in [4.69, 9.17) is 5.73 Å². The number of nitrogens with two attached hydrogens (primary N) is 1. The standard InChI is InChI=1S/C8H15N/c1-5-7-3-6(9)4-8(5,7)2/h5-7H,3-4,9H2,1-2H3. The zero-order valence-corrected chi connectivity index (χ0v) is 6.22. The topological polar surface area (TPSA) is 26.0 Å². The predicted octanol–water partition coefficient (Wildman–Crippen LogP) is 1.38. The van der Waals surface area contributed by atoms with Gasteiger partial charge in [0.1, 0.15) is 0 Å². The molecule has 2 saturated carbocycles. The molecule has 52 valence electrons. The lowest BCUT2D eigenvalue weighted by molar-refractivity contribution is 0.460. The van der Waals surface area contributed by atoms with E-state index in [0.29, 0.717) is 11.5 Å². The Balaban J connectivity index is 2.12. The zero-order chi connectivity index (χ0) is 6.65. The van der Waals surface area contributed by atoms with E-state index in [-0.39, 0.29) is 0 Å². The number of fused-ring (bicyclic) bond motifs is 1. The normalized spacial score (nSPS) is 63.7. The molecule has 4 atom stereocenters. The summed E-state index contributed by atoms with van der Waals surface area (Å²) < 4.78 is 0. The van der Waals surface area contributed by atoms with Crippen molar-refractivity contribution in [3.63, 3.8) is 0 Å². The molecule has 0 aromatic rings. The number of hydrogen-bond donors (Lipinski definition) is 1. The van der Waals surface area contributed by atoms with E-state index in [2.05, 4.69) is 13.8 Å². The van der Waals surface area contributed by atoms with Gasteiger partial charge in [-0.15, -0.1) is 0 Å². The average molecular weight is 125 g/mol. The molecule has 0 amide bonds. The van der Waals surface area contributed by atoms with Crippen LogP contribution in [0.25, 0.3) is 0 Å². The van der Waals surface area contributed by atoms with Gasteiger partial charge in [0, 0.05) is 6.04 Å². The summed E-state index contributed by atoms with van der Waals surface area (Å²) in [5.41, 5.74) is 6.47. The van der Waals surface area contributed by atoms with Crippen molar-refractivity contribution in [3.8, 4) is 0 Å². The zero-order valence-electron chi connectivity index (χ0n) is 6.22. The van der Waals surface area contributed by atoms with Gasteiger partial charge >= 0.3 is 0 Å². The maximum absolute atomic E-state index is 5.80. The van der Waals surface area contributed by atoms with Crippen molar-refractivity contribution in [2.24, 2.45) is 23.0 Å². The highest BCUT2D eigenvalue weighted by Crippen LogP contribution is 2.67. The van der Waals surface area contributed by atoms with Crippen LogP contribution in [0, 0.1) is 17.3 Å². The molecule has 2 aliphatic rings. The van der Waals surface area contributed by atoms with Crippen LogP contribution in [0.15, 0.2) is 0 Å². The quantitative estimate of drug-likeness (QED) is 0.520. The Morgan fingerprint density at radius 1 is 1.56 bits per heavy atom. The Bertz CT molecular complexity index is 144. The predicted molar refractivity (Wildman–Crippen MR) is 38.0 cm³/mol. The van der Waals surface area contributed by atoms with Crippen molar-refractivity contribution in [1.82, 2.24) is 0 Å². The Kier molecular flexibility index (Phi) is 0.852. The second-order valence-electron chi connectivity index (χ2n) is 4.10. The fourth-order valence-corrected chi connectivity index (χ4v) is 2.70. The first-order valence-electron chi connectivity index (χ1n) is 3.90. The van der Waals surface area contributed by atoms with Gasteiger partial charge in [-0.3, -0.25) is 0 Å². The summed E-state index contributed by atoms with van der Waals surface area (Å²) in [7, 11) is 0. The minimum Gasteiger partial charge on any atom is -0.328 e. The lowest BCUT2D eigenvalue weighted by Crippen LogP contribution is -2.19. The first kappa shape index (κ1) is 5.72. The second-order valence-corrected chi connectivity index (χ2v) is 4.10. The van der Waals surface area contributed by atoms with E-state index >= 15 is 0 Å². The van der Waals surface area contributed by atoms with Crippen molar-refractivity contribution >= 4 is 0 Å². The molecular weight excluding hydrogens is 110 g/mol. The van der Waals surface area contributed by atoms with E-state index in [1.807, 2.05) is 0 Å². The van der Waals surface area contributed by atoms with E-state index in [9.17, 15) is 0 Å². The van der Waals surface area contributed by atoms with Gasteiger partial charge in [-0.1, -0.05) is 13.8 Å². The van der Waals surface area contributed by atoms with Crippen LogP contribution in [-0.2, 0) is 0 Å². The summed E-state index contributed by atoms with van der Waals surface area (Å²) in [5.74, 6) is 1.95. The van der Waals surface area contributed by atoms with E-state index in [1.54, 1.807) is 0 Å². The van der Waals surface area contributed by atoms with Gasteiger partial charge in [0.25, 0.3) is 0 Å². The molecule has 0 saturated heterocycles. The summed E-state index contributed by atoms with van der Waals surface area (Å²) in [6.07, 6.45) is 2.57. The van der Waals surface area contributed by atoms with Crippen LogP contribution < -0.4 is 5.73 Å². The van der Waals surface area contributed by atoms with Crippen LogP contribution in [0.1, 0.15) is 26.7 Å². The highest BCUT2D eigenvalue weighted by atomic mass is 14.8. The lowest BCUT2D eigenvalue weighted by atomic mass is 10.0. The summed E-state index contributed by atoms with van der Waals surface area (Å²) in [5, 5.41) is 0. The molecule has 9 heavy (non-hydrogen) atoms. The monoisotopic (exact) mass is 125 g/mol. The van der Waals surface area contributed by atoms with Crippen LogP contribution in [-0.4, -0.2) is 6.04 Å². The Morgan fingerprint density at radius 3 is 2.56 bits per heavy atom. The molecule has 2 fully saturated rings. The molecule has 0 spiro atoms. The summed E-state index contributed by atoms with van der Waals surface area (Å²) in [6.45, 7) is 4.74. The summed E-state index contributed by atoms with van der Waals surface area (Å²) in [4.78, 5) is 0. The van der Waals surface area contributed by atoms with Crippen LogP contribution in [0.3, 0.4) is 0 Å². The van der Waals surface area contributed by atoms with Gasteiger partial charge in [-0.05, 0) is 30.1 Å². The second kappa shape index (κ2) is 1.34. The summed E-state index contributed by atoms with van der Waals surface area (Å²) >= 11 is 0. The Labute approximate surface area is 56.6 Å². The van der Waals surface area contributed by atoms with Crippen molar-refractivity contribution in [2.75, 3.05) is 0 Å². The van der Waals surface area contributed by atoms with E-state index in [1.165, 1.54) is 12.8 Å². The van der Waals surface area contributed by atoms with Crippen molar-refractivity contribution in [3.05, 3.63) is 0 Å². The lowest BCUT2D eigenvalue weighted by Gasteiger charge is -2.09. The van der Waals surface area contributed by atoms with Crippen molar-refractivity contribution < 1.29 is 0 Å². The molecule has 0 bridgehead atoms. The third kappa shape index (κ3) is 0.536. The maximum Gasteiger partial charge on any atom is 0.00471 e. The van der Waals surface area contributed by atoms with Gasteiger partial charge in [-0.25, -0.2) is 0 Å². The third-order valence-corrected chi connectivity index (χ3v) is 3.64. The fraction of sp³-hybridized carbons (Fsp3) is 1.00. The van der Waals surface area contributed by atoms with Crippen LogP contribution >= 0.6 is 0 Å². The Morgan fingerprint density at radius 2 is 2.22 bits per heavy atom. The van der Waals surface area contributed by atoms with Crippen LogP contribution in [0.5, 0.6) is 0 Å². The van der Waals surface area contributed by atoms with Gasteiger partial charge in [0.05, 0.1) is 0 Å². The van der Waals surface area contributed by atoms with Gasteiger partial charge < -0.3 is 5.73 Å². The number of rotatable bonds is 0. The highest BCUT2D eigenvalue weighted by Gasteiger charge is 2.62. The summed E-state index contributed by atoms with van der Waals surface area (Å²) in [6, 6.07) is 0.524. The van der Waals surface area contributed by atoms with Crippen LogP contribution in [0.2, 0.25) is 0 Å². The fourth-order valence-electron chi connectivity index (χ4n) is 2.70. The molecule has 0 aromatic heterocycles. The maximum atomic E-state index is 5.80. The number of hydrogen-bond acceptors (Lipinski definition) is 1. The molecular formula is C8H15N. The molecule has 0 radical (unpaired) electrons. The van der Waals surface area contributed by atoms with Crippen molar-refractivity contribution in [2.45, 2.75) is 32.7 Å². The molecule has 0 aliphatic heterocycles. The van der Waals surface area contributed by atoms with E-state index < -0.39 is 0 Å². The molecule has 2 aliphatic carbocycles. The minimum atomic E-state index is 0.524. The van der Waals surface area contributed by atoms with Gasteiger partial charge in [0.2, 0.25) is 0 Å². The molecule has 0 heterocycles. The largest absolute Gasteiger partial charge is 0.328 e. The SMILES string of the molecule is CC1C2CC(N)CC12C. The molecule has 1 heteroatoms. The highest BCUT2D eigenvalue weighted by molar-refractivity contribution is 5.12. The van der Waals surface area contributed by atoms with Crippen molar-refractivity contribution in [1.29, 1.82) is 0 Å². The minimum absolute atomic E-state index is 0.524. The third-order valence-electron chi connectivity index (χ3n) is 3.64. The smallest absolute Gasteiger partial charge is 0.00471 e. The van der Waals surface area contributed by atoms with Gasteiger partial charge in [-0.2, -0.15) is 0 Å². The average Bonchev–Trinajstić information content (AvgIpc) is 2.23. The molecule has 2 rings (SSSR count). The first-order valence-corrected chi connectivity index (χ1v) is 3.90.